The van der Waals surface area contributed by atoms with Gasteiger partial charge in [0.1, 0.15) is 5.75 Å². The molecule has 0 saturated carbocycles. The third-order valence-electron chi connectivity index (χ3n) is 3.76. The zero-order valence-electron chi connectivity index (χ0n) is 14.0. The molecule has 2 aromatic rings. The van der Waals surface area contributed by atoms with E-state index in [9.17, 15) is 4.79 Å². The summed E-state index contributed by atoms with van der Waals surface area (Å²) in [6, 6.07) is 15.9. The van der Waals surface area contributed by atoms with E-state index in [0.29, 0.717) is 13.1 Å². The minimum Gasteiger partial charge on any atom is -0.497 e. The molecule has 4 heteroatoms. The number of nitrogens with zero attached hydrogens (tertiary/aromatic N) is 1. The highest BCUT2D eigenvalue weighted by molar-refractivity contribution is 5.77. The summed E-state index contributed by atoms with van der Waals surface area (Å²) >= 11 is 0. The lowest BCUT2D eigenvalue weighted by atomic mass is 10.1. The predicted molar refractivity (Wildman–Crippen MR) is 92.4 cm³/mol. The number of carbonyl (C=O) groups excluding carboxylic acids is 1. The maximum absolute atomic E-state index is 12.0. The Hall–Kier alpha value is -2.33. The van der Waals surface area contributed by atoms with Crippen molar-refractivity contribution >= 4 is 5.91 Å². The molecule has 0 radical (unpaired) electrons. The van der Waals surface area contributed by atoms with Crippen molar-refractivity contribution in [1.29, 1.82) is 0 Å². The van der Waals surface area contributed by atoms with Gasteiger partial charge in [0.2, 0.25) is 5.91 Å². The average molecular weight is 312 g/mol. The van der Waals surface area contributed by atoms with Crippen LogP contribution in [0.2, 0.25) is 0 Å². The van der Waals surface area contributed by atoms with Crippen LogP contribution in [-0.4, -0.2) is 31.5 Å². The monoisotopic (exact) mass is 312 g/mol. The zero-order valence-corrected chi connectivity index (χ0v) is 14.0. The fraction of sp³-hybridized carbons (Fsp3) is 0.316. The van der Waals surface area contributed by atoms with E-state index < -0.39 is 0 Å². The maximum Gasteiger partial charge on any atom is 0.234 e. The van der Waals surface area contributed by atoms with Gasteiger partial charge in [0, 0.05) is 13.1 Å². The highest BCUT2D eigenvalue weighted by Gasteiger charge is 2.08. The number of benzene rings is 2. The summed E-state index contributed by atoms with van der Waals surface area (Å²) in [6.45, 7) is 3.76. The van der Waals surface area contributed by atoms with Gasteiger partial charge >= 0.3 is 0 Å². The first-order valence-electron chi connectivity index (χ1n) is 7.71. The fourth-order valence-corrected chi connectivity index (χ4v) is 2.38. The molecule has 23 heavy (non-hydrogen) atoms. The molecule has 0 aliphatic heterocycles. The number of carbonyl (C=O) groups is 1. The summed E-state index contributed by atoms with van der Waals surface area (Å²) in [5.74, 6) is 0.843. The zero-order chi connectivity index (χ0) is 16.7. The van der Waals surface area contributed by atoms with E-state index in [1.54, 1.807) is 7.11 Å². The van der Waals surface area contributed by atoms with Crippen molar-refractivity contribution in [3.63, 3.8) is 0 Å². The summed E-state index contributed by atoms with van der Waals surface area (Å²) in [7, 11) is 3.60. The molecule has 0 unspecified atom stereocenters. The summed E-state index contributed by atoms with van der Waals surface area (Å²) < 4.78 is 5.12. The Morgan fingerprint density at radius 1 is 1.13 bits per heavy atom. The van der Waals surface area contributed by atoms with Gasteiger partial charge in [-0.05, 0) is 42.8 Å². The molecule has 4 nitrogen and oxygen atoms in total. The van der Waals surface area contributed by atoms with E-state index in [-0.39, 0.29) is 5.91 Å². The van der Waals surface area contributed by atoms with Crippen LogP contribution in [0.4, 0.5) is 0 Å². The Morgan fingerprint density at radius 3 is 2.48 bits per heavy atom. The standard InChI is InChI=1S/C19H24N2O2/c1-15-6-4-5-7-17(15)13-21(2)14-19(22)20-12-16-8-10-18(23-3)11-9-16/h4-11H,12-14H2,1-3H3,(H,20,22). The third-order valence-corrected chi connectivity index (χ3v) is 3.76. The molecule has 0 heterocycles. The second kappa shape index (κ2) is 8.34. The van der Waals surface area contributed by atoms with Gasteiger partial charge in [-0.15, -0.1) is 0 Å². The van der Waals surface area contributed by atoms with Crippen LogP contribution in [0.3, 0.4) is 0 Å². The van der Waals surface area contributed by atoms with Gasteiger partial charge in [0.25, 0.3) is 0 Å². The van der Waals surface area contributed by atoms with Gasteiger partial charge in [0.05, 0.1) is 13.7 Å². The van der Waals surface area contributed by atoms with Crippen LogP contribution < -0.4 is 10.1 Å². The normalized spacial score (nSPS) is 10.6. The molecule has 0 aliphatic rings. The lowest BCUT2D eigenvalue weighted by Gasteiger charge is -2.17. The molecule has 0 saturated heterocycles. The van der Waals surface area contributed by atoms with Gasteiger partial charge in [-0.25, -0.2) is 0 Å². The van der Waals surface area contributed by atoms with E-state index >= 15 is 0 Å². The van der Waals surface area contributed by atoms with Crippen molar-refractivity contribution in [2.75, 3.05) is 20.7 Å². The first-order chi connectivity index (χ1) is 11.1. The first-order valence-corrected chi connectivity index (χ1v) is 7.71. The molecule has 0 bridgehead atoms. The molecule has 122 valence electrons. The molecule has 2 rings (SSSR count). The van der Waals surface area contributed by atoms with Crippen molar-refractivity contribution in [2.24, 2.45) is 0 Å². The van der Waals surface area contributed by atoms with Gasteiger partial charge < -0.3 is 10.1 Å². The number of methoxy groups -OCH3 is 1. The van der Waals surface area contributed by atoms with Crippen LogP contribution >= 0.6 is 0 Å². The van der Waals surface area contributed by atoms with Crippen LogP contribution in [0.25, 0.3) is 0 Å². The number of likely N-dealkylation sites (N-methyl/N-ethyl adjacent to an activating group) is 1. The van der Waals surface area contributed by atoms with E-state index in [4.69, 9.17) is 4.74 Å². The minimum atomic E-state index is 0.0249. The van der Waals surface area contributed by atoms with E-state index in [1.165, 1.54) is 11.1 Å². The Kier molecular flexibility index (Phi) is 6.18. The minimum absolute atomic E-state index is 0.0249. The lowest BCUT2D eigenvalue weighted by molar-refractivity contribution is -0.122. The van der Waals surface area contributed by atoms with Crippen LogP contribution in [0.15, 0.2) is 48.5 Å². The van der Waals surface area contributed by atoms with Crippen molar-refractivity contribution < 1.29 is 9.53 Å². The Bertz CT molecular complexity index is 638. The SMILES string of the molecule is COc1ccc(CNC(=O)CN(C)Cc2ccccc2C)cc1. The van der Waals surface area contributed by atoms with E-state index in [0.717, 1.165) is 17.9 Å². The summed E-state index contributed by atoms with van der Waals surface area (Å²) in [4.78, 5) is 14.1. The quantitative estimate of drug-likeness (QED) is 0.855. The third kappa shape index (κ3) is 5.42. The maximum atomic E-state index is 12.0. The number of hydrogen-bond donors (Lipinski definition) is 1. The van der Waals surface area contributed by atoms with Crippen LogP contribution in [0.1, 0.15) is 16.7 Å². The first kappa shape index (κ1) is 17.0. The number of hydrogen-bond acceptors (Lipinski definition) is 3. The van der Waals surface area contributed by atoms with Crippen molar-refractivity contribution in [3.8, 4) is 5.75 Å². The molecular weight excluding hydrogens is 288 g/mol. The Morgan fingerprint density at radius 2 is 1.83 bits per heavy atom. The summed E-state index contributed by atoms with van der Waals surface area (Å²) in [5.41, 5.74) is 3.55. The Balaban J connectivity index is 1.78. The lowest BCUT2D eigenvalue weighted by Crippen LogP contribution is -2.34. The van der Waals surface area contributed by atoms with Crippen LogP contribution in [0.5, 0.6) is 5.75 Å². The molecule has 0 fully saturated rings. The second-order valence-electron chi connectivity index (χ2n) is 5.72. The smallest absolute Gasteiger partial charge is 0.234 e. The van der Waals surface area contributed by atoms with Gasteiger partial charge in [-0.1, -0.05) is 36.4 Å². The molecule has 0 atom stereocenters. The molecule has 1 amide bonds. The Labute approximate surface area is 138 Å². The predicted octanol–water partition coefficient (Wildman–Crippen LogP) is 2.75. The van der Waals surface area contributed by atoms with Crippen LogP contribution in [-0.2, 0) is 17.9 Å². The fourth-order valence-electron chi connectivity index (χ4n) is 2.38. The molecular formula is C19H24N2O2. The average Bonchev–Trinajstić information content (AvgIpc) is 2.55. The number of ether oxygens (including phenoxy) is 1. The summed E-state index contributed by atoms with van der Waals surface area (Å²) in [6.07, 6.45) is 0. The van der Waals surface area contributed by atoms with E-state index in [1.807, 2.05) is 48.3 Å². The molecule has 0 aromatic heterocycles. The largest absolute Gasteiger partial charge is 0.497 e. The highest BCUT2D eigenvalue weighted by Crippen LogP contribution is 2.11. The second-order valence-corrected chi connectivity index (χ2v) is 5.72. The highest BCUT2D eigenvalue weighted by atomic mass is 16.5. The summed E-state index contributed by atoms with van der Waals surface area (Å²) in [5, 5.41) is 2.95. The van der Waals surface area contributed by atoms with Crippen LogP contribution in [0, 0.1) is 6.92 Å². The van der Waals surface area contributed by atoms with Crippen molar-refractivity contribution in [2.45, 2.75) is 20.0 Å². The van der Waals surface area contributed by atoms with Gasteiger partial charge in [-0.3, -0.25) is 9.69 Å². The molecule has 1 N–H and O–H groups in total. The molecule has 2 aromatic carbocycles. The van der Waals surface area contributed by atoms with E-state index in [2.05, 4.69) is 24.4 Å². The number of rotatable bonds is 7. The number of amides is 1. The molecule has 0 spiro atoms. The van der Waals surface area contributed by atoms with Gasteiger partial charge in [-0.2, -0.15) is 0 Å². The molecule has 0 aliphatic carbocycles. The number of aryl methyl sites for hydroxylation is 1. The van der Waals surface area contributed by atoms with Crippen molar-refractivity contribution in [3.05, 3.63) is 65.2 Å². The topological polar surface area (TPSA) is 41.6 Å². The number of nitrogens with one attached hydrogen (secondary N) is 1. The van der Waals surface area contributed by atoms with Gasteiger partial charge in [0.15, 0.2) is 0 Å². The van der Waals surface area contributed by atoms with Crippen molar-refractivity contribution in [1.82, 2.24) is 10.2 Å².